The Morgan fingerprint density at radius 2 is 1.87 bits per heavy atom. The van der Waals surface area contributed by atoms with Gasteiger partial charge in [0.05, 0.1) is 0 Å². The van der Waals surface area contributed by atoms with Gasteiger partial charge in [0.1, 0.15) is 0 Å². The van der Waals surface area contributed by atoms with E-state index in [1.165, 1.54) is 18.6 Å². The molecule has 1 aliphatic heterocycles. The number of nitrogens with zero attached hydrogens (tertiary/aromatic N) is 1. The second-order valence-electron chi connectivity index (χ2n) is 3.78. The molecular weight excluding hydrogens is 229 g/mol. The summed E-state index contributed by atoms with van der Waals surface area (Å²) >= 11 is 12.2. The second kappa shape index (κ2) is 5.00. The fourth-order valence-corrected chi connectivity index (χ4v) is 2.34. The first-order valence-corrected chi connectivity index (χ1v) is 5.98. The number of rotatable bonds is 2. The predicted molar refractivity (Wildman–Crippen MR) is 66.3 cm³/mol. The van der Waals surface area contributed by atoms with Crippen molar-refractivity contribution in [1.29, 1.82) is 0 Å². The van der Waals surface area contributed by atoms with E-state index in [1.807, 2.05) is 18.2 Å². The summed E-state index contributed by atoms with van der Waals surface area (Å²) in [6, 6.07) is 5.63. The maximum atomic E-state index is 6.11. The molecule has 0 amide bonds. The minimum absolute atomic E-state index is 0.746. The molecule has 2 rings (SSSR count). The summed E-state index contributed by atoms with van der Waals surface area (Å²) < 4.78 is 0. The van der Waals surface area contributed by atoms with E-state index in [0.29, 0.717) is 0 Å². The van der Waals surface area contributed by atoms with Crippen LogP contribution in [0.15, 0.2) is 23.2 Å². The third-order valence-corrected chi connectivity index (χ3v) is 3.36. The van der Waals surface area contributed by atoms with Crippen molar-refractivity contribution >= 4 is 28.9 Å². The average molecular weight is 242 g/mol. The molecular formula is C12H13Cl2N. The third kappa shape index (κ3) is 2.73. The van der Waals surface area contributed by atoms with Crippen molar-refractivity contribution in [3.8, 4) is 0 Å². The lowest BCUT2D eigenvalue weighted by molar-refractivity contribution is 0.730. The van der Waals surface area contributed by atoms with Gasteiger partial charge in [0.2, 0.25) is 0 Å². The van der Waals surface area contributed by atoms with E-state index in [2.05, 4.69) is 4.99 Å². The van der Waals surface area contributed by atoms with Gasteiger partial charge in [0.25, 0.3) is 0 Å². The van der Waals surface area contributed by atoms with E-state index in [-0.39, 0.29) is 0 Å². The molecule has 0 fully saturated rings. The summed E-state index contributed by atoms with van der Waals surface area (Å²) in [6.07, 6.45) is 4.33. The molecule has 1 aromatic rings. The summed E-state index contributed by atoms with van der Waals surface area (Å²) in [6.45, 7) is 0.956. The summed E-state index contributed by atoms with van der Waals surface area (Å²) in [7, 11) is 0. The highest BCUT2D eigenvalue weighted by molar-refractivity contribution is 6.36. The van der Waals surface area contributed by atoms with Crippen molar-refractivity contribution in [2.75, 3.05) is 6.54 Å². The van der Waals surface area contributed by atoms with Gasteiger partial charge in [-0.05, 0) is 37.0 Å². The Balaban J connectivity index is 2.19. The van der Waals surface area contributed by atoms with Crippen LogP contribution in [0.4, 0.5) is 0 Å². The van der Waals surface area contributed by atoms with Gasteiger partial charge < -0.3 is 0 Å². The number of hydrogen-bond donors (Lipinski definition) is 0. The Kier molecular flexibility index (Phi) is 3.66. The Bertz CT molecular complexity index is 365. The zero-order chi connectivity index (χ0) is 10.7. The summed E-state index contributed by atoms with van der Waals surface area (Å²) in [5.41, 5.74) is 2.25. The Morgan fingerprint density at radius 1 is 1.13 bits per heavy atom. The van der Waals surface area contributed by atoms with Crippen molar-refractivity contribution in [3.63, 3.8) is 0 Å². The summed E-state index contributed by atoms with van der Waals surface area (Å²) in [5, 5.41) is 1.49. The van der Waals surface area contributed by atoms with Gasteiger partial charge >= 0.3 is 0 Å². The van der Waals surface area contributed by atoms with Crippen LogP contribution < -0.4 is 0 Å². The van der Waals surface area contributed by atoms with Crippen molar-refractivity contribution in [3.05, 3.63) is 33.8 Å². The Morgan fingerprint density at radius 3 is 2.47 bits per heavy atom. The molecule has 0 bridgehead atoms. The van der Waals surface area contributed by atoms with Crippen molar-refractivity contribution < 1.29 is 0 Å². The first-order valence-electron chi connectivity index (χ1n) is 5.22. The standard InChI is InChI=1S/C12H13Cl2N/c13-11-5-3-6-12(14)10(11)8-9-4-1-2-7-15-9/h3,5-6H,1-2,4,7-8H2. The lowest BCUT2D eigenvalue weighted by atomic mass is 10.0. The van der Waals surface area contributed by atoms with Crippen LogP contribution in [0, 0.1) is 0 Å². The van der Waals surface area contributed by atoms with Crippen LogP contribution in [0.25, 0.3) is 0 Å². The van der Waals surface area contributed by atoms with Gasteiger partial charge in [0.15, 0.2) is 0 Å². The average Bonchev–Trinajstić information content (AvgIpc) is 2.25. The van der Waals surface area contributed by atoms with Gasteiger partial charge in [-0.15, -0.1) is 0 Å². The van der Waals surface area contributed by atoms with Crippen LogP contribution in [0.2, 0.25) is 10.0 Å². The van der Waals surface area contributed by atoms with Gasteiger partial charge in [-0.25, -0.2) is 0 Å². The van der Waals surface area contributed by atoms with E-state index in [4.69, 9.17) is 23.2 Å². The molecule has 0 saturated heterocycles. The van der Waals surface area contributed by atoms with Gasteiger partial charge in [-0.3, -0.25) is 4.99 Å². The van der Waals surface area contributed by atoms with Gasteiger partial charge in [-0.1, -0.05) is 29.3 Å². The molecule has 1 nitrogen and oxygen atoms in total. The van der Waals surface area contributed by atoms with E-state index < -0.39 is 0 Å². The molecule has 80 valence electrons. The van der Waals surface area contributed by atoms with E-state index in [1.54, 1.807) is 0 Å². The maximum absolute atomic E-state index is 6.11. The predicted octanol–water partition coefficient (Wildman–Crippen LogP) is 4.16. The highest BCUT2D eigenvalue weighted by Crippen LogP contribution is 2.26. The normalized spacial score (nSPS) is 16.3. The number of aliphatic imine (C=N–C) groups is 1. The molecule has 0 atom stereocenters. The van der Waals surface area contributed by atoms with Crippen LogP contribution in [-0.2, 0) is 6.42 Å². The zero-order valence-electron chi connectivity index (χ0n) is 8.47. The minimum Gasteiger partial charge on any atom is -0.294 e. The largest absolute Gasteiger partial charge is 0.294 e. The fraction of sp³-hybridized carbons (Fsp3) is 0.417. The SMILES string of the molecule is Clc1cccc(Cl)c1CC1=NCCCC1. The molecule has 1 aromatic carbocycles. The lowest BCUT2D eigenvalue weighted by Crippen LogP contribution is -2.09. The fourth-order valence-electron chi connectivity index (χ4n) is 1.81. The molecule has 0 aliphatic carbocycles. The van der Waals surface area contributed by atoms with Crippen molar-refractivity contribution in [2.45, 2.75) is 25.7 Å². The van der Waals surface area contributed by atoms with Crippen LogP contribution in [0.1, 0.15) is 24.8 Å². The first kappa shape index (κ1) is 11.0. The highest BCUT2D eigenvalue weighted by Gasteiger charge is 2.11. The van der Waals surface area contributed by atoms with Crippen molar-refractivity contribution in [2.24, 2.45) is 4.99 Å². The highest BCUT2D eigenvalue weighted by atomic mass is 35.5. The Hall–Kier alpha value is -0.530. The number of halogens is 2. The molecule has 1 heterocycles. The molecule has 0 aromatic heterocycles. The van der Waals surface area contributed by atoms with Crippen molar-refractivity contribution in [1.82, 2.24) is 0 Å². The van der Waals surface area contributed by atoms with E-state index in [9.17, 15) is 0 Å². The zero-order valence-corrected chi connectivity index (χ0v) is 9.98. The third-order valence-electron chi connectivity index (χ3n) is 2.65. The number of benzene rings is 1. The molecule has 0 N–H and O–H groups in total. The van der Waals surface area contributed by atoms with Gasteiger partial charge in [0, 0.05) is 28.7 Å². The summed E-state index contributed by atoms with van der Waals surface area (Å²) in [5.74, 6) is 0. The first-order chi connectivity index (χ1) is 7.27. The molecule has 3 heteroatoms. The van der Waals surface area contributed by atoms with Crippen LogP contribution >= 0.6 is 23.2 Å². The number of hydrogen-bond acceptors (Lipinski definition) is 1. The van der Waals surface area contributed by atoms with Crippen LogP contribution in [0.5, 0.6) is 0 Å². The molecule has 0 unspecified atom stereocenters. The quantitative estimate of drug-likeness (QED) is 0.738. The monoisotopic (exact) mass is 241 g/mol. The van der Waals surface area contributed by atoms with E-state index >= 15 is 0 Å². The Labute approximate surface area is 100 Å². The molecule has 15 heavy (non-hydrogen) atoms. The van der Waals surface area contributed by atoms with Gasteiger partial charge in [-0.2, -0.15) is 0 Å². The van der Waals surface area contributed by atoms with Crippen LogP contribution in [-0.4, -0.2) is 12.3 Å². The topological polar surface area (TPSA) is 12.4 Å². The molecule has 0 saturated carbocycles. The molecule has 0 radical (unpaired) electrons. The lowest BCUT2D eigenvalue weighted by Gasteiger charge is -2.13. The second-order valence-corrected chi connectivity index (χ2v) is 4.60. The summed E-state index contributed by atoms with van der Waals surface area (Å²) in [4.78, 5) is 4.51. The smallest absolute Gasteiger partial charge is 0.0456 e. The molecule has 1 aliphatic rings. The molecule has 0 spiro atoms. The van der Waals surface area contributed by atoms with E-state index in [0.717, 1.165) is 35.0 Å². The van der Waals surface area contributed by atoms with Crippen LogP contribution in [0.3, 0.4) is 0 Å². The maximum Gasteiger partial charge on any atom is 0.0456 e. The minimum atomic E-state index is 0.746.